The summed E-state index contributed by atoms with van der Waals surface area (Å²) in [4.78, 5) is 19.6. The first-order chi connectivity index (χ1) is 19.3. The van der Waals surface area contributed by atoms with Crippen LogP contribution in [0.4, 0.5) is 17.6 Å². The standard InChI is InChI=1S/C29H26F4N4O3/c1-3-5-7-18(40-28-19(30)8-6-9-20(28)31)14-23-21(4-2)36-37-26(29(37)35-23)27(38)24-13-16-12-17(39-15-25(32)33)10-11-22(16)34-24/h4,6-14,25,34-36H,3,5,15H2,1-2H3/b18-7-,21-4+,23-14+. The summed E-state index contributed by atoms with van der Waals surface area (Å²) in [5.41, 5.74) is 1.32. The lowest BCUT2D eigenvalue weighted by atomic mass is 10.2. The molecule has 0 aliphatic carbocycles. The first-order valence-electron chi connectivity index (χ1n) is 12.7. The third-order valence-electron chi connectivity index (χ3n) is 6.17. The Bertz CT molecular complexity index is 1770. The number of carbonyl (C=O) groups is 1. The maximum absolute atomic E-state index is 14.2. The van der Waals surface area contributed by atoms with Crippen molar-refractivity contribution in [3.63, 3.8) is 0 Å². The van der Waals surface area contributed by atoms with E-state index in [1.807, 2.05) is 6.92 Å². The van der Waals surface area contributed by atoms with Crippen LogP contribution in [0.3, 0.4) is 0 Å². The molecule has 5 rings (SSSR count). The number of fused-ring (bicyclic) bond motifs is 2. The number of nitrogens with zero attached hydrogens (tertiary/aromatic N) is 1. The molecule has 3 aromatic rings. The predicted octanol–water partition coefficient (Wildman–Crippen LogP) is 5.55. The molecule has 11 heteroatoms. The molecule has 208 valence electrons. The van der Waals surface area contributed by atoms with E-state index in [0.717, 1.165) is 18.6 Å². The monoisotopic (exact) mass is 554 g/mol. The molecule has 40 heavy (non-hydrogen) atoms. The van der Waals surface area contributed by atoms with Crippen LogP contribution in [0.2, 0.25) is 0 Å². The number of ether oxygens (including phenoxy) is 2. The van der Waals surface area contributed by atoms with Gasteiger partial charge in [-0.15, -0.1) is 0 Å². The molecule has 0 bridgehead atoms. The molecule has 7 nitrogen and oxygen atoms in total. The molecular weight excluding hydrogens is 528 g/mol. The summed E-state index contributed by atoms with van der Waals surface area (Å²) in [6.45, 7) is 3.05. The number of hydrogen-bond acceptors (Lipinski definition) is 3. The molecule has 0 fully saturated rings. The van der Waals surface area contributed by atoms with Crippen LogP contribution >= 0.6 is 0 Å². The van der Waals surface area contributed by atoms with Crippen molar-refractivity contribution in [1.29, 1.82) is 0 Å². The zero-order valence-corrected chi connectivity index (χ0v) is 21.7. The average Bonchev–Trinajstić information content (AvgIpc) is 3.46. The van der Waals surface area contributed by atoms with Crippen molar-refractivity contribution in [2.45, 2.75) is 33.1 Å². The highest BCUT2D eigenvalue weighted by atomic mass is 19.3. The highest BCUT2D eigenvalue weighted by molar-refractivity contribution is 6.13. The van der Waals surface area contributed by atoms with E-state index >= 15 is 0 Å². The van der Waals surface area contributed by atoms with E-state index in [1.165, 1.54) is 6.07 Å². The number of ketones is 1. The summed E-state index contributed by atoms with van der Waals surface area (Å²) in [5, 5.41) is 4.93. The van der Waals surface area contributed by atoms with Crippen molar-refractivity contribution in [3.8, 4) is 17.3 Å². The summed E-state index contributed by atoms with van der Waals surface area (Å²) in [7, 11) is 0. The lowest BCUT2D eigenvalue weighted by molar-refractivity contribution is 0.0819. The second-order valence-corrected chi connectivity index (χ2v) is 9.04. The molecule has 1 aromatic heterocycles. The Labute approximate surface area is 225 Å². The molecule has 2 aliphatic heterocycles. The Balaban J connectivity index is 1.48. The molecule has 0 saturated heterocycles. The van der Waals surface area contributed by atoms with Crippen LogP contribution in [-0.2, 0) is 0 Å². The maximum Gasteiger partial charge on any atom is 0.272 e. The van der Waals surface area contributed by atoms with Gasteiger partial charge in [0, 0.05) is 17.0 Å². The quantitative estimate of drug-likeness (QED) is 0.120. The Hall–Kier alpha value is -4.67. The third-order valence-corrected chi connectivity index (χ3v) is 6.17. The number of aromatic nitrogens is 4. The van der Waals surface area contributed by atoms with E-state index in [2.05, 4.69) is 15.1 Å². The van der Waals surface area contributed by atoms with Gasteiger partial charge in [0.15, 0.2) is 28.9 Å². The minimum absolute atomic E-state index is 0.234. The highest BCUT2D eigenvalue weighted by Crippen LogP contribution is 2.28. The van der Waals surface area contributed by atoms with Gasteiger partial charge in [-0.3, -0.25) is 9.89 Å². The molecule has 2 aliphatic rings. The van der Waals surface area contributed by atoms with Crippen LogP contribution in [0.25, 0.3) is 28.9 Å². The zero-order chi connectivity index (χ0) is 28.4. The van der Waals surface area contributed by atoms with Crippen molar-refractivity contribution in [1.82, 2.24) is 19.7 Å². The average molecular weight is 555 g/mol. The van der Waals surface area contributed by atoms with E-state index in [1.54, 1.807) is 54.1 Å². The van der Waals surface area contributed by atoms with E-state index in [-0.39, 0.29) is 17.3 Å². The van der Waals surface area contributed by atoms with Gasteiger partial charge >= 0.3 is 0 Å². The highest BCUT2D eigenvalue weighted by Gasteiger charge is 2.32. The van der Waals surface area contributed by atoms with Crippen molar-refractivity contribution < 1.29 is 31.8 Å². The van der Waals surface area contributed by atoms with Gasteiger partial charge in [-0.1, -0.05) is 25.5 Å². The van der Waals surface area contributed by atoms with Gasteiger partial charge in [-0.2, -0.15) is 0 Å². The number of aromatic amines is 3. The van der Waals surface area contributed by atoms with Crippen LogP contribution in [0, 0.1) is 11.6 Å². The number of carbonyl (C=O) groups excluding carboxylic acids is 1. The SMILES string of the molecule is C/C=c1/[nH]n2c(C(=O)c3cc4cc(OCC(F)F)ccc4[nH]3)c-2[nH]/c1=C/C(=C/CCC)Oc1c(F)cccc1F. The van der Waals surface area contributed by atoms with E-state index in [4.69, 9.17) is 9.47 Å². The van der Waals surface area contributed by atoms with Crippen LogP contribution in [0.15, 0.2) is 54.3 Å². The second kappa shape index (κ2) is 11.2. The number of halogens is 4. The molecule has 0 radical (unpaired) electrons. The smallest absolute Gasteiger partial charge is 0.272 e. The topological polar surface area (TPSA) is 87.8 Å². The van der Waals surface area contributed by atoms with E-state index < -0.39 is 30.4 Å². The fourth-order valence-electron chi connectivity index (χ4n) is 4.18. The van der Waals surface area contributed by atoms with Gasteiger partial charge in [0.05, 0.1) is 16.4 Å². The Kier molecular flexibility index (Phi) is 7.54. The number of hydrogen-bond donors (Lipinski definition) is 3. The lowest BCUT2D eigenvalue weighted by Crippen LogP contribution is -2.33. The zero-order valence-electron chi connectivity index (χ0n) is 21.7. The van der Waals surface area contributed by atoms with Crippen molar-refractivity contribution in [2.75, 3.05) is 6.61 Å². The number of H-pyrrole nitrogens is 3. The molecule has 0 unspecified atom stereocenters. The Morgan fingerprint density at radius 2 is 1.85 bits per heavy atom. The minimum Gasteiger partial charge on any atom is -0.488 e. The first kappa shape index (κ1) is 26.9. The Morgan fingerprint density at radius 1 is 1.07 bits per heavy atom. The normalized spacial score (nSPS) is 13.3. The molecule has 0 saturated carbocycles. The van der Waals surface area contributed by atoms with Gasteiger partial charge < -0.3 is 19.4 Å². The summed E-state index contributed by atoms with van der Waals surface area (Å²) in [6.07, 6.45) is 3.93. The molecule has 3 N–H and O–H groups in total. The minimum atomic E-state index is -2.59. The van der Waals surface area contributed by atoms with Gasteiger partial charge in [-0.05, 0) is 55.8 Å². The summed E-state index contributed by atoms with van der Waals surface area (Å²) in [6, 6.07) is 9.91. The fraction of sp³-hybridized carbons (Fsp3) is 0.207. The molecule has 3 heterocycles. The van der Waals surface area contributed by atoms with Gasteiger partial charge in [0.25, 0.3) is 6.43 Å². The molecule has 0 amide bonds. The number of allylic oxidation sites excluding steroid dienone is 2. The number of nitrogens with one attached hydrogen (secondary N) is 3. The fourth-order valence-corrected chi connectivity index (χ4v) is 4.18. The van der Waals surface area contributed by atoms with Crippen LogP contribution in [0.5, 0.6) is 11.5 Å². The van der Waals surface area contributed by atoms with Crippen LogP contribution < -0.4 is 20.2 Å². The number of unbranched alkanes of at least 4 members (excludes halogenated alkanes) is 1. The van der Waals surface area contributed by atoms with Gasteiger partial charge in [0.2, 0.25) is 5.78 Å². The number of para-hydroxylation sites is 1. The van der Waals surface area contributed by atoms with Gasteiger partial charge in [-0.25, -0.2) is 22.2 Å². The number of benzene rings is 2. The third kappa shape index (κ3) is 5.54. The van der Waals surface area contributed by atoms with Crippen molar-refractivity contribution in [3.05, 3.63) is 88.0 Å². The summed E-state index contributed by atoms with van der Waals surface area (Å²) >= 11 is 0. The summed E-state index contributed by atoms with van der Waals surface area (Å²) < 4.78 is 65.7. The largest absolute Gasteiger partial charge is 0.488 e. The van der Waals surface area contributed by atoms with Crippen molar-refractivity contribution in [2.24, 2.45) is 0 Å². The number of rotatable bonds is 10. The second-order valence-electron chi connectivity index (χ2n) is 9.04. The molecule has 2 aromatic carbocycles. The van der Waals surface area contributed by atoms with Crippen molar-refractivity contribution >= 4 is 28.8 Å². The van der Waals surface area contributed by atoms with Crippen LogP contribution in [-0.4, -0.2) is 38.6 Å². The van der Waals surface area contributed by atoms with E-state index in [0.29, 0.717) is 45.2 Å². The number of alkyl halides is 2. The Morgan fingerprint density at radius 3 is 2.55 bits per heavy atom. The van der Waals surface area contributed by atoms with Crippen LogP contribution in [0.1, 0.15) is 42.9 Å². The predicted molar refractivity (Wildman–Crippen MR) is 143 cm³/mol. The molecular formula is C29H26F4N4O3. The molecule has 0 atom stereocenters. The van der Waals surface area contributed by atoms with Gasteiger partial charge in [0.1, 0.15) is 18.1 Å². The first-order valence-corrected chi connectivity index (χ1v) is 12.7. The summed E-state index contributed by atoms with van der Waals surface area (Å²) in [5.74, 6) is -1.43. The van der Waals surface area contributed by atoms with E-state index in [9.17, 15) is 22.4 Å². The maximum atomic E-state index is 14.2. The lowest BCUT2D eigenvalue weighted by Gasteiger charge is -2.09. The molecule has 0 spiro atoms.